The lowest BCUT2D eigenvalue weighted by molar-refractivity contribution is 0.249. The van der Waals surface area contributed by atoms with Crippen LogP contribution >= 0.6 is 0 Å². The van der Waals surface area contributed by atoms with Crippen molar-refractivity contribution in [2.24, 2.45) is 0 Å². The molecule has 2 amide bonds. The zero-order chi connectivity index (χ0) is 16.9. The molecule has 2 N–H and O–H groups in total. The first kappa shape index (κ1) is 16.4. The molecule has 126 valence electrons. The Morgan fingerprint density at radius 1 is 1.08 bits per heavy atom. The zero-order valence-electron chi connectivity index (χ0n) is 14.3. The molecule has 0 radical (unpaired) electrons. The van der Waals surface area contributed by atoms with E-state index in [1.54, 1.807) is 7.11 Å². The molecule has 4 nitrogen and oxygen atoms in total. The lowest BCUT2D eigenvalue weighted by Gasteiger charge is -2.20. The summed E-state index contributed by atoms with van der Waals surface area (Å²) in [6.45, 7) is 2.01. The molecule has 24 heavy (non-hydrogen) atoms. The van der Waals surface area contributed by atoms with E-state index in [4.69, 9.17) is 4.74 Å². The summed E-state index contributed by atoms with van der Waals surface area (Å²) in [6.07, 6.45) is 4.85. The molecule has 1 aliphatic carbocycles. The largest absolute Gasteiger partial charge is 0.495 e. The number of methoxy groups -OCH3 is 1. The summed E-state index contributed by atoms with van der Waals surface area (Å²) in [5.41, 5.74) is 4.69. The summed E-state index contributed by atoms with van der Waals surface area (Å²) in [5, 5.41) is 5.85. The quantitative estimate of drug-likeness (QED) is 0.872. The van der Waals surface area contributed by atoms with Gasteiger partial charge < -0.3 is 15.4 Å². The second kappa shape index (κ2) is 7.39. The molecule has 0 unspecified atom stereocenters. The Labute approximate surface area is 143 Å². The Hall–Kier alpha value is -2.49. The summed E-state index contributed by atoms with van der Waals surface area (Å²) in [5.74, 6) is 0.647. The maximum absolute atomic E-state index is 12.3. The standard InChI is InChI=1S/C20H24N2O2/c1-14(16-12-11-15-7-3-4-8-17(15)13-16)21-20(23)22-18-9-5-6-10-19(18)24-2/h5-6,9-14H,3-4,7-8H2,1-2H3,(H2,21,22,23)/t14-/m1/s1. The molecule has 0 fully saturated rings. The number of aryl methyl sites for hydroxylation is 2. The molecule has 2 aromatic rings. The molecule has 3 rings (SSSR count). The van der Waals surface area contributed by atoms with E-state index >= 15 is 0 Å². The summed E-state index contributed by atoms with van der Waals surface area (Å²) in [4.78, 5) is 12.3. The highest BCUT2D eigenvalue weighted by molar-refractivity contribution is 5.91. The van der Waals surface area contributed by atoms with Crippen molar-refractivity contribution in [3.63, 3.8) is 0 Å². The summed E-state index contributed by atoms with van der Waals surface area (Å²) >= 11 is 0. The van der Waals surface area contributed by atoms with E-state index in [9.17, 15) is 4.79 Å². The number of amides is 2. The monoisotopic (exact) mass is 324 g/mol. The van der Waals surface area contributed by atoms with Gasteiger partial charge in [-0.05, 0) is 61.4 Å². The lowest BCUT2D eigenvalue weighted by Crippen LogP contribution is -2.31. The Balaban J connectivity index is 1.66. The number of carbonyl (C=O) groups excluding carboxylic acids is 1. The molecule has 1 atom stereocenters. The molecule has 2 aromatic carbocycles. The maximum Gasteiger partial charge on any atom is 0.319 e. The predicted octanol–water partition coefficient (Wildman–Crippen LogP) is 4.46. The molecule has 0 heterocycles. The minimum Gasteiger partial charge on any atom is -0.495 e. The molecular weight excluding hydrogens is 300 g/mol. The molecule has 1 aliphatic rings. The van der Waals surface area contributed by atoms with Crippen LogP contribution in [0.25, 0.3) is 0 Å². The number of benzene rings is 2. The van der Waals surface area contributed by atoms with Crippen LogP contribution in [0.15, 0.2) is 42.5 Å². The molecule has 0 spiro atoms. The number of para-hydroxylation sites is 2. The van der Waals surface area contributed by atoms with Crippen LogP contribution < -0.4 is 15.4 Å². The lowest BCUT2D eigenvalue weighted by atomic mass is 9.89. The number of hydrogen-bond donors (Lipinski definition) is 2. The third-order valence-electron chi connectivity index (χ3n) is 4.58. The smallest absolute Gasteiger partial charge is 0.319 e. The van der Waals surface area contributed by atoms with Crippen LogP contribution in [0.4, 0.5) is 10.5 Å². The summed E-state index contributed by atoms with van der Waals surface area (Å²) in [7, 11) is 1.59. The highest BCUT2D eigenvalue weighted by Crippen LogP contribution is 2.25. The van der Waals surface area contributed by atoms with Gasteiger partial charge in [0, 0.05) is 0 Å². The molecule has 0 aliphatic heterocycles. The minimum atomic E-state index is -0.232. The van der Waals surface area contributed by atoms with Gasteiger partial charge in [-0.15, -0.1) is 0 Å². The average molecular weight is 324 g/mol. The third kappa shape index (κ3) is 3.70. The third-order valence-corrected chi connectivity index (χ3v) is 4.58. The van der Waals surface area contributed by atoms with Gasteiger partial charge in [-0.2, -0.15) is 0 Å². The van der Waals surface area contributed by atoms with Gasteiger partial charge in [-0.25, -0.2) is 4.79 Å². The molecular formula is C20H24N2O2. The second-order valence-corrected chi connectivity index (χ2v) is 6.26. The van der Waals surface area contributed by atoms with Crippen LogP contribution in [0.1, 0.15) is 42.5 Å². The zero-order valence-corrected chi connectivity index (χ0v) is 14.3. The first-order valence-electron chi connectivity index (χ1n) is 8.49. The van der Waals surface area contributed by atoms with E-state index in [1.807, 2.05) is 31.2 Å². The minimum absolute atomic E-state index is 0.0491. The van der Waals surface area contributed by atoms with Crippen molar-refractivity contribution in [1.82, 2.24) is 5.32 Å². The SMILES string of the molecule is COc1ccccc1NC(=O)N[C@H](C)c1ccc2c(c1)CCCC2. The molecule has 0 saturated heterocycles. The first-order valence-corrected chi connectivity index (χ1v) is 8.49. The van der Waals surface area contributed by atoms with E-state index in [1.165, 1.54) is 30.4 Å². The van der Waals surface area contributed by atoms with E-state index in [0.717, 1.165) is 12.0 Å². The Morgan fingerprint density at radius 2 is 1.83 bits per heavy atom. The van der Waals surface area contributed by atoms with Crippen molar-refractivity contribution in [2.75, 3.05) is 12.4 Å². The number of carbonyl (C=O) groups is 1. The van der Waals surface area contributed by atoms with Crippen LogP contribution in [-0.2, 0) is 12.8 Å². The fraction of sp³-hybridized carbons (Fsp3) is 0.350. The first-order chi connectivity index (χ1) is 11.7. The van der Waals surface area contributed by atoms with Gasteiger partial charge >= 0.3 is 6.03 Å². The fourth-order valence-corrected chi connectivity index (χ4v) is 3.21. The van der Waals surface area contributed by atoms with E-state index in [-0.39, 0.29) is 12.1 Å². The average Bonchev–Trinajstić information content (AvgIpc) is 2.61. The number of anilines is 1. The van der Waals surface area contributed by atoms with Crippen LogP contribution in [-0.4, -0.2) is 13.1 Å². The van der Waals surface area contributed by atoms with Crippen LogP contribution in [0, 0.1) is 0 Å². The van der Waals surface area contributed by atoms with Crippen molar-refractivity contribution in [3.8, 4) is 5.75 Å². The number of rotatable bonds is 4. The van der Waals surface area contributed by atoms with Crippen molar-refractivity contribution in [3.05, 3.63) is 59.2 Å². The summed E-state index contributed by atoms with van der Waals surface area (Å²) in [6, 6.07) is 13.7. The Morgan fingerprint density at radius 3 is 2.62 bits per heavy atom. The van der Waals surface area contributed by atoms with Gasteiger partial charge in [0.1, 0.15) is 5.75 Å². The Bertz CT molecular complexity index is 727. The second-order valence-electron chi connectivity index (χ2n) is 6.26. The van der Waals surface area contributed by atoms with Gasteiger partial charge in [0.15, 0.2) is 0 Å². The number of hydrogen-bond acceptors (Lipinski definition) is 2. The van der Waals surface area contributed by atoms with Crippen molar-refractivity contribution in [2.45, 2.75) is 38.6 Å². The van der Waals surface area contributed by atoms with Crippen molar-refractivity contribution in [1.29, 1.82) is 0 Å². The van der Waals surface area contributed by atoms with E-state index in [0.29, 0.717) is 11.4 Å². The van der Waals surface area contributed by atoms with Crippen LogP contribution in [0.5, 0.6) is 5.75 Å². The van der Waals surface area contributed by atoms with Gasteiger partial charge in [0.2, 0.25) is 0 Å². The van der Waals surface area contributed by atoms with Gasteiger partial charge in [0.05, 0.1) is 18.8 Å². The van der Waals surface area contributed by atoms with E-state index in [2.05, 4.69) is 28.8 Å². The highest BCUT2D eigenvalue weighted by Gasteiger charge is 2.14. The molecule has 0 aromatic heterocycles. The van der Waals surface area contributed by atoms with Gasteiger partial charge in [-0.1, -0.05) is 30.3 Å². The summed E-state index contributed by atoms with van der Waals surface area (Å²) < 4.78 is 5.26. The van der Waals surface area contributed by atoms with Crippen molar-refractivity contribution < 1.29 is 9.53 Å². The van der Waals surface area contributed by atoms with E-state index < -0.39 is 0 Å². The number of urea groups is 1. The van der Waals surface area contributed by atoms with Gasteiger partial charge in [-0.3, -0.25) is 0 Å². The number of nitrogens with one attached hydrogen (secondary N) is 2. The number of ether oxygens (including phenoxy) is 1. The van der Waals surface area contributed by atoms with Crippen LogP contribution in [0.3, 0.4) is 0 Å². The molecule has 0 saturated carbocycles. The molecule has 0 bridgehead atoms. The number of fused-ring (bicyclic) bond motifs is 1. The topological polar surface area (TPSA) is 50.4 Å². The maximum atomic E-state index is 12.3. The predicted molar refractivity (Wildman–Crippen MR) is 96.6 cm³/mol. The Kier molecular flexibility index (Phi) is 5.04. The van der Waals surface area contributed by atoms with Crippen LogP contribution in [0.2, 0.25) is 0 Å². The molecule has 4 heteroatoms. The highest BCUT2D eigenvalue weighted by atomic mass is 16.5. The fourth-order valence-electron chi connectivity index (χ4n) is 3.21. The van der Waals surface area contributed by atoms with Crippen molar-refractivity contribution >= 4 is 11.7 Å². The van der Waals surface area contributed by atoms with Gasteiger partial charge in [0.25, 0.3) is 0 Å². The normalized spacial score (nSPS) is 14.4.